The van der Waals surface area contributed by atoms with E-state index >= 15 is 0 Å². The number of likely N-dealkylation sites (N-methyl/N-ethyl adjacent to an activating group) is 1. The van der Waals surface area contributed by atoms with Gasteiger partial charge in [0, 0.05) is 31.4 Å². The smallest absolute Gasteiger partial charge is 0.151 e. The zero-order valence-corrected chi connectivity index (χ0v) is 15.7. The maximum atomic E-state index is 4.77. The third kappa shape index (κ3) is 2.63. The lowest BCUT2D eigenvalue weighted by Gasteiger charge is -2.45. The van der Waals surface area contributed by atoms with Crippen LogP contribution in [0.2, 0.25) is 0 Å². The van der Waals surface area contributed by atoms with E-state index in [4.69, 9.17) is 4.98 Å². The Morgan fingerprint density at radius 1 is 0.962 bits per heavy atom. The van der Waals surface area contributed by atoms with Crippen molar-refractivity contribution < 1.29 is 0 Å². The van der Waals surface area contributed by atoms with Crippen LogP contribution in [0.3, 0.4) is 0 Å². The molecule has 3 heterocycles. The average Bonchev–Trinajstić information content (AvgIpc) is 3.07. The molecule has 0 unspecified atom stereocenters. The van der Waals surface area contributed by atoms with E-state index < -0.39 is 0 Å². The fraction of sp³-hybridized carbons (Fsp3) is 0.600. The van der Waals surface area contributed by atoms with Gasteiger partial charge in [-0.05, 0) is 63.5 Å². The van der Waals surface area contributed by atoms with Gasteiger partial charge in [-0.15, -0.1) is 5.10 Å². The molecule has 0 atom stereocenters. The van der Waals surface area contributed by atoms with Crippen molar-refractivity contribution in [3.8, 4) is 0 Å². The van der Waals surface area contributed by atoms with Crippen LogP contribution in [0.15, 0.2) is 6.07 Å². The Bertz CT molecular complexity index is 842. The molecule has 0 N–H and O–H groups in total. The molecule has 0 bridgehead atoms. The van der Waals surface area contributed by atoms with Crippen molar-refractivity contribution in [3.05, 3.63) is 34.4 Å². The van der Waals surface area contributed by atoms with Gasteiger partial charge in [-0.3, -0.25) is 0 Å². The van der Waals surface area contributed by atoms with Crippen molar-refractivity contribution in [2.75, 3.05) is 29.9 Å². The first-order chi connectivity index (χ1) is 12.7. The van der Waals surface area contributed by atoms with Crippen LogP contribution in [0.25, 0.3) is 0 Å². The summed E-state index contributed by atoms with van der Waals surface area (Å²) >= 11 is 0. The Labute approximate surface area is 154 Å². The maximum Gasteiger partial charge on any atom is 0.151 e. The van der Waals surface area contributed by atoms with E-state index in [2.05, 4.69) is 38.1 Å². The topological polar surface area (TPSA) is 58.0 Å². The molecule has 136 valence electrons. The summed E-state index contributed by atoms with van der Waals surface area (Å²) in [6, 6.07) is 2.75. The minimum atomic E-state index is 0.479. The molecule has 2 aromatic heterocycles. The first kappa shape index (κ1) is 16.0. The Morgan fingerprint density at radius 2 is 1.77 bits per heavy atom. The molecular weight excluding hydrogens is 324 g/mol. The minimum Gasteiger partial charge on any atom is -0.353 e. The lowest BCUT2D eigenvalue weighted by Crippen LogP contribution is -2.59. The van der Waals surface area contributed by atoms with Crippen molar-refractivity contribution in [1.29, 1.82) is 0 Å². The van der Waals surface area contributed by atoms with Gasteiger partial charge in [-0.1, -0.05) is 0 Å². The molecule has 0 saturated carbocycles. The van der Waals surface area contributed by atoms with Crippen LogP contribution in [0.1, 0.15) is 47.6 Å². The van der Waals surface area contributed by atoms with Gasteiger partial charge in [0.05, 0.1) is 11.7 Å². The molecule has 2 aliphatic carbocycles. The molecule has 5 rings (SSSR count). The van der Waals surface area contributed by atoms with Crippen LogP contribution in [0.4, 0.5) is 11.6 Å². The molecule has 6 heteroatoms. The van der Waals surface area contributed by atoms with Gasteiger partial charge in [0.25, 0.3) is 0 Å². The first-order valence-electron chi connectivity index (χ1n) is 9.88. The number of nitrogens with zero attached hydrogens (tertiary/aromatic N) is 6. The largest absolute Gasteiger partial charge is 0.353 e. The van der Waals surface area contributed by atoms with Gasteiger partial charge in [0.15, 0.2) is 5.82 Å². The third-order valence-electron chi connectivity index (χ3n) is 6.15. The van der Waals surface area contributed by atoms with Crippen LogP contribution >= 0.6 is 0 Å². The fourth-order valence-corrected chi connectivity index (χ4v) is 4.52. The fourth-order valence-electron chi connectivity index (χ4n) is 4.52. The molecule has 26 heavy (non-hydrogen) atoms. The highest BCUT2D eigenvalue weighted by Crippen LogP contribution is 2.32. The number of aryl methyl sites for hydroxylation is 4. The summed E-state index contributed by atoms with van der Waals surface area (Å²) in [5.41, 5.74) is 5.24. The van der Waals surface area contributed by atoms with Gasteiger partial charge in [-0.2, -0.15) is 5.10 Å². The molecule has 1 saturated heterocycles. The van der Waals surface area contributed by atoms with Crippen LogP contribution in [-0.4, -0.2) is 46.3 Å². The lowest BCUT2D eigenvalue weighted by atomic mass is 9.96. The summed E-state index contributed by atoms with van der Waals surface area (Å²) in [6.45, 7) is 3.98. The Hall–Kier alpha value is -2.24. The molecule has 3 aliphatic rings. The van der Waals surface area contributed by atoms with Crippen LogP contribution in [-0.2, 0) is 25.7 Å². The number of hydrogen-bond acceptors (Lipinski definition) is 6. The summed E-state index contributed by atoms with van der Waals surface area (Å²) in [4.78, 5) is 14.1. The highest BCUT2D eigenvalue weighted by atomic mass is 15.4. The molecule has 0 amide bonds. The summed E-state index contributed by atoms with van der Waals surface area (Å²) in [5.74, 6) is 3.08. The quantitative estimate of drug-likeness (QED) is 0.846. The van der Waals surface area contributed by atoms with E-state index in [9.17, 15) is 0 Å². The van der Waals surface area contributed by atoms with Crippen LogP contribution < -0.4 is 9.80 Å². The van der Waals surface area contributed by atoms with Gasteiger partial charge in [0.2, 0.25) is 0 Å². The van der Waals surface area contributed by atoms with Crippen molar-refractivity contribution in [2.45, 2.75) is 57.9 Å². The standard InChI is InChI=1S/C20H26N6/c1-13-21-18-9-5-7-16(18)20(22-13)25(2)15-11-26(12-15)19-10-14-6-3-4-8-17(14)23-24-19/h10,15H,3-9,11-12H2,1-2H3. The van der Waals surface area contributed by atoms with Gasteiger partial charge in [-0.25, -0.2) is 9.97 Å². The first-order valence-corrected chi connectivity index (χ1v) is 9.88. The van der Waals surface area contributed by atoms with E-state index in [1.165, 1.54) is 41.8 Å². The highest BCUT2D eigenvalue weighted by Gasteiger charge is 2.34. The monoisotopic (exact) mass is 350 g/mol. The number of aromatic nitrogens is 4. The second kappa shape index (κ2) is 6.18. The second-order valence-electron chi connectivity index (χ2n) is 7.92. The number of rotatable bonds is 3. The SMILES string of the molecule is Cc1nc2c(c(N(C)C3CN(c4cc5c(nn4)CCCC5)C3)n1)CCC2. The van der Waals surface area contributed by atoms with Gasteiger partial charge < -0.3 is 9.80 Å². The summed E-state index contributed by atoms with van der Waals surface area (Å²) < 4.78 is 0. The van der Waals surface area contributed by atoms with Crippen molar-refractivity contribution >= 4 is 11.6 Å². The number of anilines is 2. The second-order valence-corrected chi connectivity index (χ2v) is 7.92. The number of fused-ring (bicyclic) bond motifs is 2. The minimum absolute atomic E-state index is 0.479. The molecule has 1 aliphatic heterocycles. The van der Waals surface area contributed by atoms with E-state index in [1.807, 2.05) is 6.92 Å². The van der Waals surface area contributed by atoms with Crippen molar-refractivity contribution in [3.63, 3.8) is 0 Å². The van der Waals surface area contributed by atoms with Gasteiger partial charge in [0.1, 0.15) is 11.6 Å². The predicted octanol–water partition coefficient (Wildman–Crippen LogP) is 2.27. The van der Waals surface area contributed by atoms with E-state index in [1.54, 1.807) is 0 Å². The average molecular weight is 350 g/mol. The highest BCUT2D eigenvalue weighted by molar-refractivity contribution is 5.54. The Kier molecular flexibility index (Phi) is 3.80. The Morgan fingerprint density at radius 3 is 2.65 bits per heavy atom. The molecule has 2 aromatic rings. The van der Waals surface area contributed by atoms with Crippen LogP contribution in [0.5, 0.6) is 0 Å². The van der Waals surface area contributed by atoms with Crippen LogP contribution in [0, 0.1) is 6.92 Å². The zero-order valence-electron chi connectivity index (χ0n) is 15.7. The molecular formula is C20H26N6. The van der Waals surface area contributed by atoms with Crippen molar-refractivity contribution in [1.82, 2.24) is 20.2 Å². The molecule has 6 nitrogen and oxygen atoms in total. The molecule has 0 radical (unpaired) electrons. The molecule has 1 fully saturated rings. The van der Waals surface area contributed by atoms with E-state index in [-0.39, 0.29) is 0 Å². The zero-order chi connectivity index (χ0) is 17.7. The summed E-state index contributed by atoms with van der Waals surface area (Å²) in [5, 5.41) is 8.97. The van der Waals surface area contributed by atoms with Gasteiger partial charge >= 0.3 is 0 Å². The number of hydrogen-bond donors (Lipinski definition) is 0. The Balaban J connectivity index is 1.31. The lowest BCUT2D eigenvalue weighted by molar-refractivity contribution is 0.485. The normalized spacial score (nSPS) is 19.1. The predicted molar refractivity (Wildman–Crippen MR) is 102 cm³/mol. The van der Waals surface area contributed by atoms with Crippen molar-refractivity contribution in [2.24, 2.45) is 0 Å². The third-order valence-corrected chi connectivity index (χ3v) is 6.15. The van der Waals surface area contributed by atoms with E-state index in [0.29, 0.717) is 6.04 Å². The maximum absolute atomic E-state index is 4.77. The summed E-state index contributed by atoms with van der Waals surface area (Å²) in [7, 11) is 2.18. The molecule has 0 spiro atoms. The van der Waals surface area contributed by atoms with E-state index in [0.717, 1.165) is 56.2 Å². The molecule has 0 aromatic carbocycles. The summed E-state index contributed by atoms with van der Waals surface area (Å²) in [6.07, 6.45) is 8.19.